The van der Waals surface area contributed by atoms with E-state index in [-0.39, 0.29) is 5.78 Å². The van der Waals surface area contributed by atoms with E-state index in [9.17, 15) is 9.00 Å². The van der Waals surface area contributed by atoms with E-state index in [1.54, 1.807) is 25.3 Å². The van der Waals surface area contributed by atoms with Gasteiger partial charge in [0, 0.05) is 27.7 Å². The van der Waals surface area contributed by atoms with Crippen molar-refractivity contribution in [3.05, 3.63) is 64.2 Å². The fourth-order valence-corrected chi connectivity index (χ4v) is 3.89. The highest BCUT2D eigenvalue weighted by atomic mass is 32.2. The predicted molar refractivity (Wildman–Crippen MR) is 94.5 cm³/mol. The van der Waals surface area contributed by atoms with Crippen LogP contribution in [0.1, 0.15) is 39.5 Å². The summed E-state index contributed by atoms with van der Waals surface area (Å²) in [4.78, 5) is 11.5. The summed E-state index contributed by atoms with van der Waals surface area (Å²) in [5, 5.41) is 0. The Labute approximate surface area is 140 Å². The summed E-state index contributed by atoms with van der Waals surface area (Å²) >= 11 is 0. The van der Waals surface area contributed by atoms with Gasteiger partial charge in [-0.1, -0.05) is 29.3 Å². The van der Waals surface area contributed by atoms with Crippen molar-refractivity contribution in [2.75, 3.05) is 7.11 Å². The second-order valence-corrected chi connectivity index (χ2v) is 7.26. The second kappa shape index (κ2) is 7.55. The lowest BCUT2D eigenvalue weighted by molar-refractivity contribution is 0.101. The van der Waals surface area contributed by atoms with Crippen LogP contribution in [-0.4, -0.2) is 17.1 Å². The molecule has 0 aliphatic heterocycles. The molecule has 23 heavy (non-hydrogen) atoms. The van der Waals surface area contributed by atoms with Gasteiger partial charge in [0.05, 0.1) is 12.9 Å². The first kappa shape index (κ1) is 17.4. The summed E-state index contributed by atoms with van der Waals surface area (Å²) in [5.74, 6) is 1.53. The number of hydrogen-bond donors (Lipinski definition) is 0. The monoisotopic (exact) mass is 330 g/mol. The minimum atomic E-state index is -1.06. The van der Waals surface area contributed by atoms with E-state index in [0.29, 0.717) is 22.8 Å². The average molecular weight is 330 g/mol. The molecule has 0 amide bonds. The summed E-state index contributed by atoms with van der Waals surface area (Å²) in [6, 6.07) is 11.5. The molecule has 1 atom stereocenters. The molecule has 122 valence electrons. The van der Waals surface area contributed by atoms with Crippen LogP contribution in [0.25, 0.3) is 0 Å². The smallest absolute Gasteiger partial charge is 0.159 e. The van der Waals surface area contributed by atoms with Crippen LogP contribution in [-0.2, 0) is 22.3 Å². The molecule has 2 rings (SSSR count). The van der Waals surface area contributed by atoms with E-state index in [4.69, 9.17) is 4.74 Å². The Kier molecular flexibility index (Phi) is 5.72. The van der Waals surface area contributed by atoms with E-state index < -0.39 is 10.8 Å². The van der Waals surface area contributed by atoms with Crippen LogP contribution in [0.4, 0.5) is 0 Å². The third-order valence-electron chi connectivity index (χ3n) is 3.61. The molecule has 0 unspecified atom stereocenters. The Bertz CT molecular complexity index is 730. The molecule has 0 aliphatic carbocycles. The van der Waals surface area contributed by atoms with Crippen LogP contribution in [0.3, 0.4) is 0 Å². The molecule has 0 N–H and O–H groups in total. The number of Topliss-reactive ketones (excluding diaryl/α,β-unsaturated/α-hetero) is 1. The number of ether oxygens (including phenoxy) is 1. The first-order chi connectivity index (χ1) is 10.9. The quantitative estimate of drug-likeness (QED) is 0.753. The number of aryl methyl sites for hydroxylation is 2. The molecular formula is C19H22O3S. The Balaban J connectivity index is 2.19. The first-order valence-corrected chi connectivity index (χ1v) is 8.98. The minimum absolute atomic E-state index is 0.00556. The zero-order chi connectivity index (χ0) is 17.0. The maximum atomic E-state index is 12.5. The molecule has 0 aromatic heterocycles. The fourth-order valence-electron chi connectivity index (χ4n) is 2.67. The lowest BCUT2D eigenvalue weighted by atomic mass is 10.1. The van der Waals surface area contributed by atoms with Gasteiger partial charge in [-0.2, -0.15) is 0 Å². The molecule has 4 heteroatoms. The van der Waals surface area contributed by atoms with Gasteiger partial charge in [0.15, 0.2) is 5.78 Å². The third kappa shape index (κ3) is 4.76. The molecule has 2 aromatic carbocycles. The van der Waals surface area contributed by atoms with Crippen LogP contribution < -0.4 is 4.74 Å². The Morgan fingerprint density at radius 2 is 1.70 bits per heavy atom. The van der Waals surface area contributed by atoms with Crippen molar-refractivity contribution in [3.63, 3.8) is 0 Å². The molecule has 2 aromatic rings. The van der Waals surface area contributed by atoms with Crippen LogP contribution in [0.5, 0.6) is 5.75 Å². The average Bonchev–Trinajstić information content (AvgIpc) is 2.45. The number of methoxy groups -OCH3 is 1. The Hall–Kier alpha value is -1.94. The summed E-state index contributed by atoms with van der Waals surface area (Å²) in [6.45, 7) is 5.61. The lowest BCUT2D eigenvalue weighted by Gasteiger charge is -2.10. The van der Waals surface area contributed by atoms with Crippen molar-refractivity contribution in [1.82, 2.24) is 0 Å². The molecule has 0 bridgehead atoms. The van der Waals surface area contributed by atoms with Crippen molar-refractivity contribution in [3.8, 4) is 5.75 Å². The van der Waals surface area contributed by atoms with Gasteiger partial charge in [-0.15, -0.1) is 0 Å². The molecule has 0 saturated heterocycles. The van der Waals surface area contributed by atoms with Gasteiger partial charge in [-0.05, 0) is 44.5 Å². The number of carbonyl (C=O) groups excluding carboxylic acids is 1. The Morgan fingerprint density at radius 1 is 1.04 bits per heavy atom. The Morgan fingerprint density at radius 3 is 2.26 bits per heavy atom. The van der Waals surface area contributed by atoms with Crippen molar-refractivity contribution < 1.29 is 13.7 Å². The van der Waals surface area contributed by atoms with Crippen molar-refractivity contribution in [2.45, 2.75) is 32.3 Å². The highest BCUT2D eigenvalue weighted by molar-refractivity contribution is 7.83. The summed E-state index contributed by atoms with van der Waals surface area (Å²) in [7, 11) is 0.519. The van der Waals surface area contributed by atoms with Crippen molar-refractivity contribution in [2.24, 2.45) is 0 Å². The SMILES string of the molecule is COc1ccc(C(C)=O)cc1C[S@](=O)Cc1cc(C)cc(C)c1. The van der Waals surface area contributed by atoms with E-state index in [2.05, 4.69) is 18.2 Å². The van der Waals surface area contributed by atoms with Gasteiger partial charge < -0.3 is 4.74 Å². The zero-order valence-electron chi connectivity index (χ0n) is 14.0. The lowest BCUT2D eigenvalue weighted by Crippen LogP contribution is -2.04. The number of carbonyl (C=O) groups is 1. The molecule has 0 radical (unpaired) electrons. The van der Waals surface area contributed by atoms with Crippen LogP contribution in [0.2, 0.25) is 0 Å². The summed E-state index contributed by atoms with van der Waals surface area (Å²) in [6.07, 6.45) is 0. The first-order valence-electron chi connectivity index (χ1n) is 7.49. The molecule has 0 heterocycles. The maximum absolute atomic E-state index is 12.5. The number of rotatable bonds is 6. The van der Waals surface area contributed by atoms with E-state index in [0.717, 1.165) is 11.1 Å². The van der Waals surface area contributed by atoms with Gasteiger partial charge in [-0.25, -0.2) is 0 Å². The topological polar surface area (TPSA) is 43.4 Å². The highest BCUT2D eigenvalue weighted by Gasteiger charge is 2.11. The van der Waals surface area contributed by atoms with Gasteiger partial charge >= 0.3 is 0 Å². The number of hydrogen-bond acceptors (Lipinski definition) is 3. The predicted octanol–water partition coefficient (Wildman–Crippen LogP) is 3.96. The minimum Gasteiger partial charge on any atom is -0.496 e. The van der Waals surface area contributed by atoms with E-state index >= 15 is 0 Å². The molecule has 0 spiro atoms. The molecular weight excluding hydrogens is 308 g/mol. The van der Waals surface area contributed by atoms with E-state index in [1.807, 2.05) is 13.8 Å². The highest BCUT2D eigenvalue weighted by Crippen LogP contribution is 2.23. The second-order valence-electron chi connectivity index (χ2n) is 5.81. The normalized spacial score (nSPS) is 12.0. The maximum Gasteiger partial charge on any atom is 0.159 e. The molecule has 0 saturated carbocycles. The van der Waals surface area contributed by atoms with Crippen LogP contribution in [0.15, 0.2) is 36.4 Å². The standard InChI is InChI=1S/C19H22O3S/c1-13-7-14(2)9-16(8-13)11-23(21)12-18-10-17(15(3)20)5-6-19(18)22-4/h5-10H,11-12H2,1-4H3/t23-/m1/s1. The zero-order valence-corrected chi connectivity index (χ0v) is 14.8. The van der Waals surface area contributed by atoms with E-state index in [1.165, 1.54) is 18.1 Å². The van der Waals surface area contributed by atoms with Gasteiger partial charge in [-0.3, -0.25) is 9.00 Å². The van der Waals surface area contributed by atoms with Crippen LogP contribution >= 0.6 is 0 Å². The van der Waals surface area contributed by atoms with Gasteiger partial charge in [0.25, 0.3) is 0 Å². The van der Waals surface area contributed by atoms with Crippen molar-refractivity contribution in [1.29, 1.82) is 0 Å². The van der Waals surface area contributed by atoms with Gasteiger partial charge in [0.2, 0.25) is 0 Å². The fraction of sp³-hybridized carbons (Fsp3) is 0.316. The van der Waals surface area contributed by atoms with Crippen LogP contribution in [0, 0.1) is 13.8 Å². The number of benzene rings is 2. The largest absolute Gasteiger partial charge is 0.496 e. The molecule has 0 aliphatic rings. The van der Waals surface area contributed by atoms with Crippen molar-refractivity contribution >= 4 is 16.6 Å². The molecule has 3 nitrogen and oxygen atoms in total. The third-order valence-corrected chi connectivity index (χ3v) is 4.90. The van der Waals surface area contributed by atoms with Gasteiger partial charge in [0.1, 0.15) is 5.75 Å². The molecule has 0 fully saturated rings. The summed E-state index contributed by atoms with van der Waals surface area (Å²) < 4.78 is 17.8. The summed E-state index contributed by atoms with van der Waals surface area (Å²) in [5.41, 5.74) is 4.84. The number of ketones is 1.